The van der Waals surface area contributed by atoms with E-state index in [2.05, 4.69) is 37.2 Å². The molecular formula is C10H12Br2N2O2S. The van der Waals surface area contributed by atoms with E-state index in [-0.39, 0.29) is 0 Å². The fraction of sp³-hybridized carbons (Fsp3) is 0.500. The molecule has 17 heavy (non-hydrogen) atoms. The van der Waals surface area contributed by atoms with Gasteiger partial charge in [-0.05, 0) is 37.9 Å². The van der Waals surface area contributed by atoms with Crippen LogP contribution in [0.1, 0.15) is 4.88 Å². The van der Waals surface area contributed by atoms with Gasteiger partial charge in [-0.1, -0.05) is 0 Å². The molecule has 1 aliphatic rings. The Morgan fingerprint density at radius 2 is 2.41 bits per heavy atom. The van der Waals surface area contributed by atoms with Crippen LogP contribution in [-0.2, 0) is 11.3 Å². The van der Waals surface area contributed by atoms with Crippen molar-refractivity contribution >= 4 is 49.2 Å². The molecule has 0 radical (unpaired) electrons. The second-order valence-electron chi connectivity index (χ2n) is 3.86. The lowest BCUT2D eigenvalue weighted by molar-refractivity contribution is -0.144. The fourth-order valence-electron chi connectivity index (χ4n) is 1.85. The van der Waals surface area contributed by atoms with Crippen molar-refractivity contribution in [1.29, 1.82) is 0 Å². The first kappa shape index (κ1) is 13.5. The molecule has 94 valence electrons. The predicted molar refractivity (Wildman–Crippen MR) is 74.4 cm³/mol. The number of hydrogen-bond donors (Lipinski definition) is 2. The fourth-order valence-corrected chi connectivity index (χ4v) is 4.05. The number of aliphatic carboxylic acids is 1. The zero-order valence-electron chi connectivity index (χ0n) is 8.95. The molecule has 7 heteroatoms. The molecule has 4 nitrogen and oxygen atoms in total. The van der Waals surface area contributed by atoms with Crippen molar-refractivity contribution in [2.24, 2.45) is 0 Å². The third kappa shape index (κ3) is 3.29. The standard InChI is InChI=1S/C10H12Br2N2O2S/c11-7-3-6(17-9(7)12)5-14-2-1-13-4-8(14)10(15)16/h3,8,13H,1-2,4-5H2,(H,15,16). The molecule has 0 bridgehead atoms. The number of piperazine rings is 1. The van der Waals surface area contributed by atoms with Gasteiger partial charge in [0.1, 0.15) is 6.04 Å². The van der Waals surface area contributed by atoms with Crippen LogP contribution >= 0.6 is 43.2 Å². The zero-order chi connectivity index (χ0) is 12.4. The van der Waals surface area contributed by atoms with Crippen molar-refractivity contribution in [3.63, 3.8) is 0 Å². The highest BCUT2D eigenvalue weighted by Gasteiger charge is 2.28. The Morgan fingerprint density at radius 3 is 3.00 bits per heavy atom. The molecule has 1 aliphatic heterocycles. The third-order valence-corrected chi connectivity index (χ3v) is 5.94. The van der Waals surface area contributed by atoms with Crippen LogP contribution < -0.4 is 5.32 Å². The molecule has 1 aromatic rings. The van der Waals surface area contributed by atoms with Crippen molar-refractivity contribution in [2.75, 3.05) is 19.6 Å². The summed E-state index contributed by atoms with van der Waals surface area (Å²) in [6.07, 6.45) is 0. The van der Waals surface area contributed by atoms with Gasteiger partial charge in [-0.15, -0.1) is 11.3 Å². The molecule has 1 atom stereocenters. The Morgan fingerprint density at radius 1 is 1.65 bits per heavy atom. The van der Waals surface area contributed by atoms with Crippen LogP contribution in [0.4, 0.5) is 0 Å². The maximum absolute atomic E-state index is 11.1. The van der Waals surface area contributed by atoms with E-state index in [1.54, 1.807) is 11.3 Å². The Bertz CT molecular complexity index is 405. The predicted octanol–water partition coefficient (Wildman–Crippen LogP) is 2.13. The summed E-state index contributed by atoms with van der Waals surface area (Å²) in [5, 5.41) is 12.3. The second kappa shape index (κ2) is 5.79. The topological polar surface area (TPSA) is 52.6 Å². The largest absolute Gasteiger partial charge is 0.480 e. The molecule has 0 amide bonds. The number of carboxylic acids is 1. The van der Waals surface area contributed by atoms with Crippen LogP contribution in [0.15, 0.2) is 14.3 Å². The lowest BCUT2D eigenvalue weighted by Crippen LogP contribution is -2.54. The first-order chi connectivity index (χ1) is 8.08. The number of carbonyl (C=O) groups is 1. The summed E-state index contributed by atoms with van der Waals surface area (Å²) >= 11 is 8.53. The van der Waals surface area contributed by atoms with E-state index in [1.165, 1.54) is 0 Å². The monoisotopic (exact) mass is 382 g/mol. The maximum Gasteiger partial charge on any atom is 0.322 e. The van der Waals surface area contributed by atoms with Gasteiger partial charge in [-0.3, -0.25) is 9.69 Å². The number of nitrogens with one attached hydrogen (secondary N) is 1. The summed E-state index contributed by atoms with van der Waals surface area (Å²) in [5.74, 6) is -0.758. The summed E-state index contributed by atoms with van der Waals surface area (Å²) < 4.78 is 2.08. The molecule has 0 aromatic carbocycles. The van der Waals surface area contributed by atoms with Crippen LogP contribution in [0.2, 0.25) is 0 Å². The van der Waals surface area contributed by atoms with Crippen LogP contribution in [0, 0.1) is 0 Å². The molecule has 0 spiro atoms. The molecule has 2 heterocycles. The van der Waals surface area contributed by atoms with Crippen LogP contribution in [0.5, 0.6) is 0 Å². The molecule has 1 fully saturated rings. The van der Waals surface area contributed by atoms with Crippen molar-refractivity contribution in [3.8, 4) is 0 Å². The van der Waals surface area contributed by atoms with E-state index in [1.807, 2.05) is 11.0 Å². The van der Waals surface area contributed by atoms with Crippen LogP contribution in [0.25, 0.3) is 0 Å². The minimum atomic E-state index is -0.758. The first-order valence-electron chi connectivity index (χ1n) is 5.19. The lowest BCUT2D eigenvalue weighted by Gasteiger charge is -2.32. The number of carboxylic acid groups (broad SMARTS) is 1. The molecule has 1 saturated heterocycles. The average molecular weight is 384 g/mol. The Hall–Kier alpha value is 0.0500. The van der Waals surface area contributed by atoms with Gasteiger partial charge >= 0.3 is 5.97 Å². The van der Waals surface area contributed by atoms with Crippen molar-refractivity contribution in [2.45, 2.75) is 12.6 Å². The van der Waals surface area contributed by atoms with E-state index < -0.39 is 12.0 Å². The van der Waals surface area contributed by atoms with E-state index in [4.69, 9.17) is 5.11 Å². The van der Waals surface area contributed by atoms with Gasteiger partial charge < -0.3 is 10.4 Å². The molecule has 1 aromatic heterocycles. The van der Waals surface area contributed by atoms with E-state index in [0.29, 0.717) is 13.1 Å². The average Bonchev–Trinajstić information content (AvgIpc) is 2.58. The number of halogens is 2. The minimum absolute atomic E-state index is 0.427. The van der Waals surface area contributed by atoms with Gasteiger partial charge in [0.05, 0.1) is 3.79 Å². The van der Waals surface area contributed by atoms with Gasteiger partial charge in [0.2, 0.25) is 0 Å². The van der Waals surface area contributed by atoms with E-state index in [0.717, 1.165) is 26.2 Å². The Kier molecular flexibility index (Phi) is 4.59. The zero-order valence-corrected chi connectivity index (χ0v) is 12.9. The number of hydrogen-bond acceptors (Lipinski definition) is 4. The molecular weight excluding hydrogens is 372 g/mol. The molecule has 2 rings (SSSR count). The highest BCUT2D eigenvalue weighted by atomic mass is 79.9. The lowest BCUT2D eigenvalue weighted by atomic mass is 10.2. The van der Waals surface area contributed by atoms with Gasteiger partial charge in [0.25, 0.3) is 0 Å². The second-order valence-corrected chi connectivity index (χ2v) is 7.17. The molecule has 1 unspecified atom stereocenters. The third-order valence-electron chi connectivity index (χ3n) is 2.69. The number of thiophene rings is 1. The summed E-state index contributed by atoms with van der Waals surface area (Å²) in [6.45, 7) is 2.82. The highest BCUT2D eigenvalue weighted by Crippen LogP contribution is 2.33. The van der Waals surface area contributed by atoms with Crippen LogP contribution in [0.3, 0.4) is 0 Å². The highest BCUT2D eigenvalue weighted by molar-refractivity contribution is 9.13. The first-order valence-corrected chi connectivity index (χ1v) is 7.59. The normalized spacial score (nSPS) is 21.6. The molecule has 2 N–H and O–H groups in total. The number of nitrogens with zero attached hydrogens (tertiary/aromatic N) is 1. The minimum Gasteiger partial charge on any atom is -0.480 e. The summed E-state index contributed by atoms with van der Waals surface area (Å²) in [5.41, 5.74) is 0. The quantitative estimate of drug-likeness (QED) is 0.839. The summed E-state index contributed by atoms with van der Waals surface area (Å²) in [7, 11) is 0. The van der Waals surface area contributed by atoms with Crippen molar-refractivity contribution in [3.05, 3.63) is 19.2 Å². The maximum atomic E-state index is 11.1. The van der Waals surface area contributed by atoms with Crippen LogP contribution in [-0.4, -0.2) is 41.7 Å². The Balaban J connectivity index is 2.07. The van der Waals surface area contributed by atoms with Gasteiger partial charge in [0, 0.05) is 35.5 Å². The van der Waals surface area contributed by atoms with Crippen molar-refractivity contribution < 1.29 is 9.90 Å². The number of rotatable bonds is 3. The van der Waals surface area contributed by atoms with Gasteiger partial charge in [0.15, 0.2) is 0 Å². The smallest absolute Gasteiger partial charge is 0.322 e. The molecule has 0 aliphatic carbocycles. The summed E-state index contributed by atoms with van der Waals surface area (Å²) in [6, 6.07) is 1.61. The van der Waals surface area contributed by atoms with Gasteiger partial charge in [-0.25, -0.2) is 0 Å². The molecule has 0 saturated carbocycles. The summed E-state index contributed by atoms with van der Waals surface area (Å²) in [4.78, 5) is 14.3. The van der Waals surface area contributed by atoms with Crippen molar-refractivity contribution in [1.82, 2.24) is 10.2 Å². The van der Waals surface area contributed by atoms with E-state index in [9.17, 15) is 4.79 Å². The Labute approximate surface area is 120 Å². The van der Waals surface area contributed by atoms with E-state index >= 15 is 0 Å². The van der Waals surface area contributed by atoms with Gasteiger partial charge in [-0.2, -0.15) is 0 Å². The SMILES string of the molecule is O=C(O)C1CNCCN1Cc1cc(Br)c(Br)s1.